The average molecular weight is 312 g/mol. The molecule has 1 aromatic rings. The standard InChI is InChI=1S/C15H22ClN3O2/c1-10(2)18-5-6-19-11(9-18)4-7-21-13-8-12(16)15(20-3)17-14(13)19/h8,10-11H,4-7,9H2,1-3H3/t11-/m1/s1. The Morgan fingerprint density at radius 3 is 2.95 bits per heavy atom. The molecule has 3 heterocycles. The van der Waals surface area contributed by atoms with Gasteiger partial charge < -0.3 is 14.4 Å². The third-order valence-corrected chi connectivity index (χ3v) is 4.58. The van der Waals surface area contributed by atoms with Crippen molar-refractivity contribution in [3.8, 4) is 11.6 Å². The van der Waals surface area contributed by atoms with Crippen LogP contribution >= 0.6 is 11.6 Å². The number of halogens is 1. The predicted molar refractivity (Wildman–Crippen MR) is 83.8 cm³/mol. The van der Waals surface area contributed by atoms with E-state index < -0.39 is 0 Å². The molecule has 0 N–H and O–H groups in total. The van der Waals surface area contributed by atoms with Crippen LogP contribution in [0.5, 0.6) is 11.6 Å². The van der Waals surface area contributed by atoms with Gasteiger partial charge in [0.15, 0.2) is 11.6 Å². The van der Waals surface area contributed by atoms with Gasteiger partial charge in [-0.3, -0.25) is 4.90 Å². The van der Waals surface area contributed by atoms with E-state index in [1.807, 2.05) is 6.07 Å². The van der Waals surface area contributed by atoms with Gasteiger partial charge in [0.1, 0.15) is 5.02 Å². The highest BCUT2D eigenvalue weighted by atomic mass is 35.5. The Bertz CT molecular complexity index is 524. The molecule has 0 amide bonds. The Hall–Kier alpha value is -1.20. The molecule has 1 fully saturated rings. The monoisotopic (exact) mass is 311 g/mol. The summed E-state index contributed by atoms with van der Waals surface area (Å²) < 4.78 is 11.1. The summed E-state index contributed by atoms with van der Waals surface area (Å²) in [7, 11) is 1.59. The molecule has 21 heavy (non-hydrogen) atoms. The van der Waals surface area contributed by atoms with E-state index in [-0.39, 0.29) is 0 Å². The Morgan fingerprint density at radius 1 is 1.43 bits per heavy atom. The van der Waals surface area contributed by atoms with Crippen LogP contribution in [0.3, 0.4) is 0 Å². The smallest absolute Gasteiger partial charge is 0.234 e. The Kier molecular flexibility index (Phi) is 4.13. The summed E-state index contributed by atoms with van der Waals surface area (Å²) in [6, 6.07) is 2.82. The van der Waals surface area contributed by atoms with Crippen LogP contribution in [0.4, 0.5) is 5.82 Å². The van der Waals surface area contributed by atoms with Gasteiger partial charge in [-0.15, -0.1) is 0 Å². The zero-order valence-corrected chi connectivity index (χ0v) is 13.6. The SMILES string of the molecule is COc1nc2c(cc1Cl)OCC[C@@H]1CN(C(C)C)CCN21. The van der Waals surface area contributed by atoms with Gasteiger partial charge in [0.25, 0.3) is 0 Å². The number of hydrogen-bond donors (Lipinski definition) is 0. The second kappa shape index (κ2) is 5.89. The maximum atomic E-state index is 6.16. The van der Waals surface area contributed by atoms with Crippen molar-refractivity contribution in [2.75, 3.05) is 38.3 Å². The fourth-order valence-corrected chi connectivity index (χ4v) is 3.30. The minimum absolute atomic E-state index is 0.431. The molecule has 6 heteroatoms. The summed E-state index contributed by atoms with van der Waals surface area (Å²) in [5, 5.41) is 0.496. The summed E-state index contributed by atoms with van der Waals surface area (Å²) in [5.41, 5.74) is 0. The lowest BCUT2D eigenvalue weighted by Crippen LogP contribution is -2.55. The molecule has 0 unspecified atom stereocenters. The maximum absolute atomic E-state index is 6.16. The first-order valence-electron chi connectivity index (χ1n) is 7.48. The van der Waals surface area contributed by atoms with E-state index in [1.165, 1.54) is 0 Å². The van der Waals surface area contributed by atoms with Crippen molar-refractivity contribution < 1.29 is 9.47 Å². The Morgan fingerprint density at radius 2 is 2.24 bits per heavy atom. The minimum Gasteiger partial charge on any atom is -0.490 e. The van der Waals surface area contributed by atoms with Crippen molar-refractivity contribution in [3.63, 3.8) is 0 Å². The van der Waals surface area contributed by atoms with Gasteiger partial charge in [-0.2, -0.15) is 4.98 Å². The van der Waals surface area contributed by atoms with Crippen LogP contribution in [0.1, 0.15) is 20.3 Å². The van der Waals surface area contributed by atoms with Crippen LogP contribution < -0.4 is 14.4 Å². The van der Waals surface area contributed by atoms with Crippen LogP contribution in [0.2, 0.25) is 5.02 Å². The molecule has 3 rings (SSSR count). The second-order valence-electron chi connectivity index (χ2n) is 5.87. The predicted octanol–water partition coefficient (Wildman–Crippen LogP) is 2.43. The van der Waals surface area contributed by atoms with E-state index >= 15 is 0 Å². The fourth-order valence-electron chi connectivity index (χ4n) is 3.08. The van der Waals surface area contributed by atoms with Gasteiger partial charge in [0, 0.05) is 44.2 Å². The van der Waals surface area contributed by atoms with Crippen molar-refractivity contribution in [1.82, 2.24) is 9.88 Å². The number of methoxy groups -OCH3 is 1. The van der Waals surface area contributed by atoms with Crippen molar-refractivity contribution in [1.29, 1.82) is 0 Å². The van der Waals surface area contributed by atoms with Crippen LogP contribution in [-0.4, -0.2) is 55.3 Å². The number of aromatic nitrogens is 1. The summed E-state index contributed by atoms with van der Waals surface area (Å²) >= 11 is 6.16. The van der Waals surface area contributed by atoms with Crippen molar-refractivity contribution in [2.45, 2.75) is 32.4 Å². The third kappa shape index (κ3) is 2.77. The number of pyridine rings is 1. The largest absolute Gasteiger partial charge is 0.490 e. The van der Waals surface area contributed by atoms with E-state index in [9.17, 15) is 0 Å². The molecule has 0 aliphatic carbocycles. The molecule has 1 aromatic heterocycles. The molecular formula is C15H22ClN3O2. The molecule has 0 saturated carbocycles. The van der Waals surface area contributed by atoms with Crippen LogP contribution in [0.25, 0.3) is 0 Å². The molecule has 0 aromatic carbocycles. The zero-order chi connectivity index (χ0) is 15.0. The number of piperazine rings is 1. The number of anilines is 1. The van der Waals surface area contributed by atoms with Crippen LogP contribution in [0, 0.1) is 0 Å². The molecule has 0 bridgehead atoms. The summed E-state index contributed by atoms with van der Waals surface area (Å²) in [6.07, 6.45) is 1.000. The minimum atomic E-state index is 0.431. The lowest BCUT2D eigenvalue weighted by molar-refractivity contribution is 0.172. The first kappa shape index (κ1) is 14.7. The van der Waals surface area contributed by atoms with Crippen LogP contribution in [0.15, 0.2) is 6.07 Å². The zero-order valence-electron chi connectivity index (χ0n) is 12.8. The van der Waals surface area contributed by atoms with E-state index in [1.54, 1.807) is 7.11 Å². The third-order valence-electron chi connectivity index (χ3n) is 4.31. The first-order valence-corrected chi connectivity index (χ1v) is 7.86. The van der Waals surface area contributed by atoms with Gasteiger partial charge in [0.05, 0.1) is 13.7 Å². The average Bonchev–Trinajstić information content (AvgIpc) is 2.64. The highest BCUT2D eigenvalue weighted by Gasteiger charge is 2.33. The van der Waals surface area contributed by atoms with Crippen molar-refractivity contribution >= 4 is 17.4 Å². The van der Waals surface area contributed by atoms with E-state index in [0.29, 0.717) is 29.6 Å². The van der Waals surface area contributed by atoms with E-state index in [4.69, 9.17) is 21.1 Å². The highest BCUT2D eigenvalue weighted by molar-refractivity contribution is 6.32. The first-order chi connectivity index (χ1) is 10.1. The van der Waals surface area contributed by atoms with Gasteiger partial charge in [-0.1, -0.05) is 11.6 Å². The molecule has 0 spiro atoms. The number of hydrogen-bond acceptors (Lipinski definition) is 5. The molecule has 2 aliphatic rings. The molecule has 1 saturated heterocycles. The van der Waals surface area contributed by atoms with Gasteiger partial charge in [-0.25, -0.2) is 0 Å². The van der Waals surface area contributed by atoms with Crippen LogP contribution in [-0.2, 0) is 0 Å². The Labute approximate surface area is 130 Å². The summed E-state index contributed by atoms with van der Waals surface area (Å²) in [5.74, 6) is 2.09. The molecule has 1 atom stereocenters. The molecule has 0 radical (unpaired) electrons. The van der Waals surface area contributed by atoms with Crippen molar-refractivity contribution in [3.05, 3.63) is 11.1 Å². The van der Waals surface area contributed by atoms with Gasteiger partial charge in [-0.05, 0) is 13.8 Å². The van der Waals surface area contributed by atoms with Gasteiger partial charge in [0.2, 0.25) is 5.88 Å². The molecule has 5 nitrogen and oxygen atoms in total. The maximum Gasteiger partial charge on any atom is 0.234 e. The number of fused-ring (bicyclic) bond motifs is 3. The Balaban J connectivity index is 1.93. The quantitative estimate of drug-likeness (QED) is 0.838. The second-order valence-corrected chi connectivity index (χ2v) is 6.28. The van der Waals surface area contributed by atoms with Crippen molar-refractivity contribution in [2.24, 2.45) is 0 Å². The highest BCUT2D eigenvalue weighted by Crippen LogP contribution is 2.38. The fraction of sp³-hybridized carbons (Fsp3) is 0.667. The van der Waals surface area contributed by atoms with E-state index in [0.717, 1.165) is 37.6 Å². The molecule has 2 aliphatic heterocycles. The van der Waals surface area contributed by atoms with E-state index in [2.05, 4.69) is 28.6 Å². The number of ether oxygens (including phenoxy) is 2. The summed E-state index contributed by atoms with van der Waals surface area (Å²) in [6.45, 7) is 8.24. The topological polar surface area (TPSA) is 37.8 Å². The lowest BCUT2D eigenvalue weighted by Gasteiger charge is -2.42. The summed E-state index contributed by atoms with van der Waals surface area (Å²) in [4.78, 5) is 9.43. The lowest BCUT2D eigenvalue weighted by atomic mass is 10.1. The molecule has 116 valence electrons. The number of nitrogens with zero attached hydrogens (tertiary/aromatic N) is 3. The normalized spacial score (nSPS) is 22.3. The molecular weight excluding hydrogens is 290 g/mol. The van der Waals surface area contributed by atoms with Gasteiger partial charge >= 0.3 is 0 Å². The number of rotatable bonds is 2.